The smallest absolute Gasteiger partial charge is 0.185 e. The fraction of sp³-hybridized carbons (Fsp3) is 0.0588. The molecule has 3 aromatic rings. The van der Waals surface area contributed by atoms with E-state index in [1.807, 2.05) is 24.3 Å². The van der Waals surface area contributed by atoms with Gasteiger partial charge in [-0.2, -0.15) is 0 Å². The molecule has 0 aliphatic rings. The van der Waals surface area contributed by atoms with Gasteiger partial charge in [0.15, 0.2) is 12.1 Å². The first-order chi connectivity index (χ1) is 11.1. The summed E-state index contributed by atoms with van der Waals surface area (Å²) in [5.74, 6) is 0.292. The average Bonchev–Trinajstić information content (AvgIpc) is 3.03. The molecule has 1 aromatic heterocycles. The highest BCUT2D eigenvalue weighted by atomic mass is 35.5. The quantitative estimate of drug-likeness (QED) is 0.726. The van der Waals surface area contributed by atoms with Gasteiger partial charge in [-0.1, -0.05) is 41.4 Å². The van der Waals surface area contributed by atoms with Crippen molar-refractivity contribution >= 4 is 29.5 Å². The van der Waals surface area contributed by atoms with E-state index in [0.29, 0.717) is 22.2 Å². The number of rotatable bonds is 4. The van der Waals surface area contributed by atoms with E-state index in [1.54, 1.807) is 35.2 Å². The van der Waals surface area contributed by atoms with Gasteiger partial charge in [-0.05, 0) is 35.4 Å². The maximum atomic E-state index is 11.2. The zero-order chi connectivity index (χ0) is 16.4. The lowest BCUT2D eigenvalue weighted by Gasteiger charge is -2.19. The van der Waals surface area contributed by atoms with E-state index in [2.05, 4.69) is 4.98 Å². The number of halogens is 2. The molecule has 1 atom stereocenters. The molecule has 4 nitrogen and oxygen atoms in total. The van der Waals surface area contributed by atoms with Gasteiger partial charge in [-0.15, -0.1) is 0 Å². The van der Waals surface area contributed by atoms with E-state index >= 15 is 0 Å². The Hall–Kier alpha value is -2.14. The molecule has 1 unspecified atom stereocenters. The summed E-state index contributed by atoms with van der Waals surface area (Å²) in [5.41, 5.74) is 8.70. The summed E-state index contributed by atoms with van der Waals surface area (Å²) in [7, 11) is 0. The van der Waals surface area contributed by atoms with Gasteiger partial charge < -0.3 is 5.73 Å². The molecule has 23 heavy (non-hydrogen) atoms. The van der Waals surface area contributed by atoms with Crippen LogP contribution >= 0.6 is 23.2 Å². The van der Waals surface area contributed by atoms with Gasteiger partial charge in [-0.25, -0.2) is 4.98 Å². The van der Waals surface area contributed by atoms with Crippen LogP contribution in [0.2, 0.25) is 10.0 Å². The second-order valence-electron chi connectivity index (χ2n) is 4.98. The minimum atomic E-state index is -0.487. The third kappa shape index (κ3) is 3.01. The van der Waals surface area contributed by atoms with Crippen LogP contribution < -0.4 is 5.73 Å². The SMILES string of the molecule is NC(c1ccccc1Cl)c1cc(Cl)ccc1-n1ccnc1C=O. The molecule has 1 heterocycles. The number of hydrogen-bond donors (Lipinski definition) is 1. The average molecular weight is 346 g/mol. The van der Waals surface area contributed by atoms with Crippen molar-refractivity contribution in [3.63, 3.8) is 0 Å². The fourth-order valence-electron chi connectivity index (χ4n) is 2.49. The largest absolute Gasteiger partial charge is 0.320 e. The van der Waals surface area contributed by atoms with Crippen LogP contribution in [-0.4, -0.2) is 15.8 Å². The van der Waals surface area contributed by atoms with Crippen molar-refractivity contribution in [3.8, 4) is 5.69 Å². The molecule has 116 valence electrons. The molecule has 0 fully saturated rings. The minimum Gasteiger partial charge on any atom is -0.320 e. The van der Waals surface area contributed by atoms with E-state index < -0.39 is 6.04 Å². The van der Waals surface area contributed by atoms with E-state index in [9.17, 15) is 4.79 Å². The molecule has 6 heteroatoms. The predicted octanol–water partition coefficient (Wildman–Crippen LogP) is 4.04. The molecule has 0 bridgehead atoms. The minimum absolute atomic E-state index is 0.292. The number of carbonyl (C=O) groups is 1. The van der Waals surface area contributed by atoms with Crippen molar-refractivity contribution in [1.29, 1.82) is 0 Å². The first-order valence-corrected chi connectivity index (χ1v) is 7.65. The van der Waals surface area contributed by atoms with Crippen LogP contribution in [0.3, 0.4) is 0 Å². The highest BCUT2D eigenvalue weighted by Gasteiger charge is 2.18. The van der Waals surface area contributed by atoms with Crippen LogP contribution in [-0.2, 0) is 0 Å². The van der Waals surface area contributed by atoms with Crippen molar-refractivity contribution in [1.82, 2.24) is 9.55 Å². The van der Waals surface area contributed by atoms with Crippen LogP contribution in [0.5, 0.6) is 0 Å². The summed E-state index contributed by atoms with van der Waals surface area (Å²) >= 11 is 12.4. The summed E-state index contributed by atoms with van der Waals surface area (Å²) < 4.78 is 1.68. The number of aldehydes is 1. The normalized spacial score (nSPS) is 12.1. The highest BCUT2D eigenvalue weighted by molar-refractivity contribution is 6.31. The maximum Gasteiger partial charge on any atom is 0.185 e. The van der Waals surface area contributed by atoms with E-state index in [-0.39, 0.29) is 0 Å². The lowest BCUT2D eigenvalue weighted by Crippen LogP contribution is -2.16. The molecule has 0 spiro atoms. The topological polar surface area (TPSA) is 60.9 Å². The number of nitrogens with two attached hydrogens (primary N) is 1. The standard InChI is InChI=1S/C17H13Cl2N3O/c18-11-5-6-15(22-8-7-21-16(22)10-23)13(9-11)17(20)12-3-1-2-4-14(12)19/h1-10,17H,20H2. The molecule has 0 radical (unpaired) electrons. The molecule has 0 saturated carbocycles. The van der Waals surface area contributed by atoms with Gasteiger partial charge in [0, 0.05) is 22.4 Å². The van der Waals surface area contributed by atoms with Crippen LogP contribution in [0.4, 0.5) is 0 Å². The maximum absolute atomic E-state index is 11.2. The zero-order valence-corrected chi connectivity index (χ0v) is 13.5. The Kier molecular flexibility index (Phi) is 4.48. The summed E-state index contributed by atoms with van der Waals surface area (Å²) in [4.78, 5) is 15.2. The Morgan fingerprint density at radius 3 is 2.65 bits per heavy atom. The van der Waals surface area contributed by atoms with Crippen molar-refractivity contribution in [3.05, 3.63) is 81.9 Å². The third-order valence-corrected chi connectivity index (χ3v) is 4.18. The highest BCUT2D eigenvalue weighted by Crippen LogP contribution is 2.32. The summed E-state index contributed by atoms with van der Waals surface area (Å²) in [5, 5.41) is 1.13. The first kappa shape index (κ1) is 15.7. The monoisotopic (exact) mass is 345 g/mol. The van der Waals surface area contributed by atoms with Gasteiger partial charge in [0.1, 0.15) is 0 Å². The van der Waals surface area contributed by atoms with Crippen LogP contribution in [0, 0.1) is 0 Å². The van der Waals surface area contributed by atoms with Crippen molar-refractivity contribution < 1.29 is 4.79 Å². The molecule has 0 aliphatic heterocycles. The Morgan fingerprint density at radius 2 is 1.91 bits per heavy atom. The molecule has 2 N–H and O–H groups in total. The number of benzene rings is 2. The van der Waals surface area contributed by atoms with Gasteiger partial charge >= 0.3 is 0 Å². The molecule has 0 amide bonds. The molecular formula is C17H13Cl2N3O. The Morgan fingerprint density at radius 1 is 1.13 bits per heavy atom. The second kappa shape index (κ2) is 6.54. The lowest BCUT2D eigenvalue weighted by atomic mass is 9.97. The van der Waals surface area contributed by atoms with Crippen molar-refractivity contribution in [2.24, 2.45) is 5.73 Å². The Balaban J connectivity index is 2.17. The summed E-state index contributed by atoms with van der Waals surface area (Å²) in [6.07, 6.45) is 3.96. The van der Waals surface area contributed by atoms with Crippen molar-refractivity contribution in [2.45, 2.75) is 6.04 Å². The van der Waals surface area contributed by atoms with Gasteiger partial charge in [0.25, 0.3) is 0 Å². The van der Waals surface area contributed by atoms with Crippen molar-refractivity contribution in [2.75, 3.05) is 0 Å². The zero-order valence-electron chi connectivity index (χ0n) is 12.0. The number of hydrogen-bond acceptors (Lipinski definition) is 3. The number of carbonyl (C=O) groups excluding carboxylic acids is 1. The van der Waals surface area contributed by atoms with Gasteiger partial charge in [-0.3, -0.25) is 9.36 Å². The predicted molar refractivity (Wildman–Crippen MR) is 91.4 cm³/mol. The third-order valence-electron chi connectivity index (χ3n) is 3.60. The second-order valence-corrected chi connectivity index (χ2v) is 5.82. The fourth-order valence-corrected chi connectivity index (χ4v) is 2.93. The molecule has 0 aliphatic carbocycles. The molecule has 3 rings (SSSR count). The van der Waals surface area contributed by atoms with Crippen LogP contribution in [0.15, 0.2) is 54.9 Å². The molecular weight excluding hydrogens is 333 g/mol. The Bertz CT molecular complexity index is 861. The van der Waals surface area contributed by atoms with Gasteiger partial charge in [0.05, 0.1) is 11.7 Å². The Labute approximate surface area is 143 Å². The van der Waals surface area contributed by atoms with Crippen LogP contribution in [0.1, 0.15) is 27.8 Å². The lowest BCUT2D eigenvalue weighted by molar-refractivity contribution is 0.111. The van der Waals surface area contributed by atoms with E-state index in [1.165, 1.54) is 0 Å². The summed E-state index contributed by atoms with van der Waals surface area (Å²) in [6.45, 7) is 0. The number of nitrogens with zero attached hydrogens (tertiary/aromatic N) is 2. The molecule has 2 aromatic carbocycles. The molecule has 0 saturated heterocycles. The summed E-state index contributed by atoms with van der Waals surface area (Å²) in [6, 6.07) is 12.2. The first-order valence-electron chi connectivity index (χ1n) is 6.90. The number of imidazole rings is 1. The van der Waals surface area contributed by atoms with E-state index in [0.717, 1.165) is 16.8 Å². The van der Waals surface area contributed by atoms with Gasteiger partial charge in [0.2, 0.25) is 0 Å². The number of aromatic nitrogens is 2. The van der Waals surface area contributed by atoms with E-state index in [4.69, 9.17) is 28.9 Å². The van der Waals surface area contributed by atoms with Crippen LogP contribution in [0.25, 0.3) is 5.69 Å².